The van der Waals surface area contributed by atoms with E-state index in [1.165, 1.54) is 25.4 Å². The maximum absolute atomic E-state index is 13.4. The van der Waals surface area contributed by atoms with Gasteiger partial charge in [-0.3, -0.25) is 9.48 Å². The Morgan fingerprint density at radius 1 is 1.15 bits per heavy atom. The second-order valence-corrected chi connectivity index (χ2v) is 5.76. The van der Waals surface area contributed by atoms with Crippen LogP contribution in [0, 0.1) is 5.82 Å². The Hall–Kier alpha value is -3.48. The Kier molecular flexibility index (Phi) is 5.61. The van der Waals surface area contributed by atoms with Gasteiger partial charge < -0.3 is 9.47 Å². The van der Waals surface area contributed by atoms with Crippen molar-refractivity contribution in [3.05, 3.63) is 83.4 Å². The normalized spacial score (nSPS) is 10.4. The minimum Gasteiger partial charge on any atom is -0.496 e. The molecule has 0 radical (unpaired) electrons. The summed E-state index contributed by atoms with van der Waals surface area (Å²) in [4.78, 5) is 24.3. The molecule has 138 valence electrons. The van der Waals surface area contributed by atoms with Gasteiger partial charge in [-0.15, -0.1) is 0 Å². The number of ketones is 1. The molecule has 3 aromatic rings. The van der Waals surface area contributed by atoms with Gasteiger partial charge in [0.05, 0.1) is 31.0 Å². The highest BCUT2D eigenvalue weighted by Crippen LogP contribution is 2.20. The Morgan fingerprint density at radius 3 is 2.67 bits per heavy atom. The summed E-state index contributed by atoms with van der Waals surface area (Å²) in [7, 11) is 1.37. The third-order valence-corrected chi connectivity index (χ3v) is 3.85. The average Bonchev–Trinajstić information content (AvgIpc) is 3.15. The van der Waals surface area contributed by atoms with Crippen LogP contribution in [0.1, 0.15) is 26.3 Å². The molecule has 3 rings (SSSR count). The van der Waals surface area contributed by atoms with E-state index in [1.54, 1.807) is 10.9 Å². The van der Waals surface area contributed by atoms with Gasteiger partial charge >= 0.3 is 5.97 Å². The fourth-order valence-corrected chi connectivity index (χ4v) is 2.52. The van der Waals surface area contributed by atoms with Crippen molar-refractivity contribution in [2.45, 2.75) is 6.54 Å². The first kappa shape index (κ1) is 18.3. The van der Waals surface area contributed by atoms with Gasteiger partial charge in [0.25, 0.3) is 0 Å². The monoisotopic (exact) mass is 368 g/mol. The molecular weight excluding hydrogens is 351 g/mol. The van der Waals surface area contributed by atoms with Gasteiger partial charge in [-0.25, -0.2) is 9.18 Å². The van der Waals surface area contributed by atoms with Crippen molar-refractivity contribution in [2.24, 2.45) is 0 Å². The molecule has 0 aliphatic heterocycles. The van der Waals surface area contributed by atoms with E-state index in [-0.39, 0.29) is 16.9 Å². The summed E-state index contributed by atoms with van der Waals surface area (Å²) in [6, 6.07) is 13.2. The van der Waals surface area contributed by atoms with Crippen molar-refractivity contribution in [2.75, 3.05) is 13.7 Å². The zero-order valence-corrected chi connectivity index (χ0v) is 14.6. The van der Waals surface area contributed by atoms with Crippen LogP contribution in [-0.2, 0) is 11.3 Å². The molecule has 27 heavy (non-hydrogen) atoms. The number of carbonyl (C=O) groups excluding carboxylic acids is 2. The Morgan fingerprint density at radius 2 is 1.93 bits per heavy atom. The fraction of sp³-hybridized carbons (Fsp3) is 0.150. The lowest BCUT2D eigenvalue weighted by molar-refractivity contribution is 0.0473. The van der Waals surface area contributed by atoms with Gasteiger partial charge in [0.15, 0.2) is 6.61 Å². The summed E-state index contributed by atoms with van der Waals surface area (Å²) in [6.45, 7) is -0.0178. The van der Waals surface area contributed by atoms with E-state index in [2.05, 4.69) is 5.10 Å². The third-order valence-electron chi connectivity index (χ3n) is 3.85. The van der Waals surface area contributed by atoms with Crippen LogP contribution in [0.25, 0.3) is 0 Å². The van der Waals surface area contributed by atoms with Gasteiger partial charge in [-0.2, -0.15) is 5.10 Å². The number of halogens is 1. The van der Waals surface area contributed by atoms with Gasteiger partial charge in [0, 0.05) is 6.20 Å². The van der Waals surface area contributed by atoms with E-state index in [0.29, 0.717) is 6.54 Å². The lowest BCUT2D eigenvalue weighted by Crippen LogP contribution is -2.15. The number of hydrogen-bond donors (Lipinski definition) is 0. The number of hydrogen-bond acceptors (Lipinski definition) is 5. The lowest BCUT2D eigenvalue weighted by atomic mass is 10.1. The molecule has 1 aromatic heterocycles. The molecule has 0 fully saturated rings. The quantitative estimate of drug-likeness (QED) is 0.473. The summed E-state index contributed by atoms with van der Waals surface area (Å²) in [6.07, 6.45) is 2.92. The summed E-state index contributed by atoms with van der Waals surface area (Å²) in [5.74, 6) is -1.60. The molecule has 0 spiro atoms. The molecule has 6 nitrogen and oxygen atoms in total. The molecule has 0 aliphatic rings. The number of nitrogens with zero attached hydrogens (tertiary/aromatic N) is 2. The first-order chi connectivity index (χ1) is 13.1. The summed E-state index contributed by atoms with van der Waals surface area (Å²) in [5, 5.41) is 4.12. The lowest BCUT2D eigenvalue weighted by Gasteiger charge is -2.08. The van der Waals surface area contributed by atoms with Crippen molar-refractivity contribution in [1.82, 2.24) is 9.78 Å². The van der Waals surface area contributed by atoms with Crippen LogP contribution >= 0.6 is 0 Å². The highest BCUT2D eigenvalue weighted by Gasteiger charge is 2.17. The van der Waals surface area contributed by atoms with E-state index in [4.69, 9.17) is 9.47 Å². The van der Waals surface area contributed by atoms with Gasteiger partial charge in [-0.1, -0.05) is 30.3 Å². The topological polar surface area (TPSA) is 70.4 Å². The van der Waals surface area contributed by atoms with Crippen LogP contribution in [0.4, 0.5) is 4.39 Å². The standard InChI is InChI=1S/C20H17FN2O4/c1-26-19-8-7-16(21)9-17(19)18(24)13-27-20(25)15-10-22-23(12-15)11-14-5-3-2-4-6-14/h2-10,12H,11,13H2,1H3. The highest BCUT2D eigenvalue weighted by atomic mass is 19.1. The van der Waals surface area contributed by atoms with Crippen LogP contribution in [-0.4, -0.2) is 35.2 Å². The summed E-state index contributed by atoms with van der Waals surface area (Å²) >= 11 is 0. The second kappa shape index (κ2) is 8.27. The van der Waals surface area contributed by atoms with Crippen LogP contribution < -0.4 is 4.74 Å². The Labute approximate surface area is 155 Å². The molecule has 1 heterocycles. The molecule has 7 heteroatoms. The fourth-order valence-electron chi connectivity index (χ4n) is 2.52. The predicted octanol–water partition coefficient (Wildman–Crippen LogP) is 3.12. The number of benzene rings is 2. The van der Waals surface area contributed by atoms with Crippen LogP contribution in [0.5, 0.6) is 5.75 Å². The SMILES string of the molecule is COc1ccc(F)cc1C(=O)COC(=O)c1cnn(Cc2ccccc2)c1. The van der Waals surface area contributed by atoms with E-state index in [0.717, 1.165) is 11.6 Å². The van der Waals surface area contributed by atoms with Crippen LogP contribution in [0.3, 0.4) is 0 Å². The molecular formula is C20H17FN2O4. The van der Waals surface area contributed by atoms with Crippen molar-refractivity contribution >= 4 is 11.8 Å². The number of rotatable bonds is 7. The maximum Gasteiger partial charge on any atom is 0.341 e. The van der Waals surface area contributed by atoms with Crippen molar-refractivity contribution in [3.8, 4) is 5.75 Å². The molecule has 0 bridgehead atoms. The molecule has 0 aliphatic carbocycles. The van der Waals surface area contributed by atoms with E-state index in [9.17, 15) is 14.0 Å². The molecule has 0 amide bonds. The number of methoxy groups -OCH3 is 1. The number of aromatic nitrogens is 2. The number of ether oxygens (including phenoxy) is 2. The van der Waals surface area contributed by atoms with Crippen LogP contribution in [0.2, 0.25) is 0 Å². The number of Topliss-reactive ketones (excluding diaryl/α,β-unsaturated/α-hetero) is 1. The largest absolute Gasteiger partial charge is 0.496 e. The first-order valence-corrected chi connectivity index (χ1v) is 8.17. The smallest absolute Gasteiger partial charge is 0.341 e. The Balaban J connectivity index is 1.61. The molecule has 0 unspecified atom stereocenters. The van der Waals surface area contributed by atoms with Crippen molar-refractivity contribution in [1.29, 1.82) is 0 Å². The first-order valence-electron chi connectivity index (χ1n) is 8.17. The number of carbonyl (C=O) groups is 2. The maximum atomic E-state index is 13.4. The third kappa shape index (κ3) is 4.58. The van der Waals surface area contributed by atoms with Crippen molar-refractivity contribution in [3.63, 3.8) is 0 Å². The molecule has 2 aromatic carbocycles. The molecule has 0 saturated heterocycles. The second-order valence-electron chi connectivity index (χ2n) is 5.76. The average molecular weight is 368 g/mol. The molecule has 0 saturated carbocycles. The highest BCUT2D eigenvalue weighted by molar-refractivity contribution is 6.01. The van der Waals surface area contributed by atoms with E-state index >= 15 is 0 Å². The van der Waals surface area contributed by atoms with Gasteiger partial charge in [-0.05, 0) is 23.8 Å². The van der Waals surface area contributed by atoms with Crippen LogP contribution in [0.15, 0.2) is 60.9 Å². The number of esters is 1. The van der Waals surface area contributed by atoms with Crippen molar-refractivity contribution < 1.29 is 23.5 Å². The zero-order chi connectivity index (χ0) is 19.2. The summed E-state index contributed by atoms with van der Waals surface area (Å²) in [5.41, 5.74) is 1.28. The van der Waals surface area contributed by atoms with Gasteiger partial charge in [0.2, 0.25) is 5.78 Å². The molecule has 0 atom stereocenters. The zero-order valence-electron chi connectivity index (χ0n) is 14.6. The minimum atomic E-state index is -0.682. The van der Waals surface area contributed by atoms with Gasteiger partial charge in [0.1, 0.15) is 11.6 Å². The van der Waals surface area contributed by atoms with E-state index < -0.39 is 24.2 Å². The summed E-state index contributed by atoms with van der Waals surface area (Å²) < 4.78 is 25.0. The Bertz CT molecular complexity index is 954. The molecule has 0 N–H and O–H groups in total. The minimum absolute atomic E-state index is 0.0186. The predicted molar refractivity (Wildman–Crippen MR) is 95.3 cm³/mol. The van der Waals surface area contributed by atoms with E-state index in [1.807, 2.05) is 30.3 Å².